The van der Waals surface area contributed by atoms with Gasteiger partial charge in [-0.05, 0) is 18.1 Å². The molecule has 0 spiro atoms. The van der Waals surface area contributed by atoms with E-state index in [0.717, 1.165) is 23.0 Å². The van der Waals surface area contributed by atoms with E-state index in [1.54, 1.807) is 6.92 Å². The number of benzene rings is 1. The molecule has 3 aromatic rings. The lowest BCUT2D eigenvalue weighted by Gasteiger charge is -2.17. The summed E-state index contributed by atoms with van der Waals surface area (Å²) in [5.41, 5.74) is -0.862. The van der Waals surface area contributed by atoms with E-state index in [-0.39, 0.29) is 23.5 Å². The molecule has 28 heavy (non-hydrogen) atoms. The fourth-order valence-electron chi connectivity index (χ4n) is 2.77. The van der Waals surface area contributed by atoms with E-state index in [1.165, 1.54) is 19.3 Å². The maximum absolute atomic E-state index is 13.9. The van der Waals surface area contributed by atoms with Crippen LogP contribution in [-0.4, -0.2) is 25.7 Å². The number of hydrogen-bond donors (Lipinski definition) is 2. The molecule has 0 saturated carbocycles. The largest absolute Gasteiger partial charge is 0.501 e. The second-order valence-electron chi connectivity index (χ2n) is 6.24. The molecule has 2 aromatic heterocycles. The summed E-state index contributed by atoms with van der Waals surface area (Å²) in [4.78, 5) is 28.8. The van der Waals surface area contributed by atoms with Gasteiger partial charge in [0.2, 0.25) is 5.75 Å². The molecular formula is C18H16F2N4O4. The van der Waals surface area contributed by atoms with Crippen LogP contribution in [0, 0.1) is 11.6 Å². The van der Waals surface area contributed by atoms with Gasteiger partial charge >= 0.3 is 0 Å². The average Bonchev–Trinajstić information content (AvgIpc) is 3.15. The summed E-state index contributed by atoms with van der Waals surface area (Å²) >= 11 is 0. The Bertz CT molecular complexity index is 1080. The fourth-order valence-corrected chi connectivity index (χ4v) is 2.77. The van der Waals surface area contributed by atoms with Crippen LogP contribution in [0.1, 0.15) is 34.7 Å². The number of anilines is 1. The predicted octanol–water partition coefficient (Wildman–Crippen LogP) is 2.35. The van der Waals surface area contributed by atoms with Crippen molar-refractivity contribution < 1.29 is 23.2 Å². The number of amides is 1. The third kappa shape index (κ3) is 3.75. The van der Waals surface area contributed by atoms with E-state index in [1.807, 2.05) is 0 Å². The number of carbonyl (C=O) groups excluding carboxylic acids is 1. The number of hydrogen-bond acceptors (Lipinski definition) is 6. The molecule has 0 saturated heterocycles. The van der Waals surface area contributed by atoms with Gasteiger partial charge in [-0.1, -0.05) is 18.1 Å². The van der Waals surface area contributed by atoms with Gasteiger partial charge in [0.05, 0.1) is 6.20 Å². The normalized spacial score (nSPS) is 12.0. The predicted molar refractivity (Wildman–Crippen MR) is 94.1 cm³/mol. The molecule has 10 heteroatoms. The van der Waals surface area contributed by atoms with Gasteiger partial charge in [0.1, 0.15) is 29.4 Å². The number of rotatable bonds is 5. The monoisotopic (exact) mass is 390 g/mol. The van der Waals surface area contributed by atoms with Crippen molar-refractivity contribution in [1.29, 1.82) is 0 Å². The summed E-state index contributed by atoms with van der Waals surface area (Å²) in [6.45, 7) is 1.67. The van der Waals surface area contributed by atoms with Gasteiger partial charge in [-0.25, -0.2) is 13.8 Å². The van der Waals surface area contributed by atoms with Crippen molar-refractivity contribution in [3.05, 3.63) is 69.7 Å². The minimum Gasteiger partial charge on any atom is -0.501 e. The van der Waals surface area contributed by atoms with Gasteiger partial charge in [0.15, 0.2) is 5.69 Å². The Labute approximate surface area is 157 Å². The number of carbonyl (C=O) groups is 1. The van der Waals surface area contributed by atoms with Crippen molar-refractivity contribution >= 4 is 11.6 Å². The first kappa shape index (κ1) is 19.2. The lowest BCUT2D eigenvalue weighted by Crippen LogP contribution is -2.28. The second-order valence-corrected chi connectivity index (χ2v) is 6.24. The van der Waals surface area contributed by atoms with E-state index in [0.29, 0.717) is 0 Å². The first-order chi connectivity index (χ1) is 13.3. The summed E-state index contributed by atoms with van der Waals surface area (Å²) in [5.74, 6) is -3.43. The van der Waals surface area contributed by atoms with Crippen LogP contribution >= 0.6 is 0 Å². The van der Waals surface area contributed by atoms with Crippen LogP contribution < -0.4 is 10.9 Å². The van der Waals surface area contributed by atoms with Crippen LogP contribution in [0.4, 0.5) is 14.5 Å². The van der Waals surface area contributed by atoms with E-state index in [4.69, 9.17) is 0 Å². The molecule has 0 radical (unpaired) electrons. The molecule has 1 atom stereocenters. The Balaban J connectivity index is 1.95. The Morgan fingerprint density at radius 2 is 2.14 bits per heavy atom. The molecule has 0 fully saturated rings. The zero-order valence-electron chi connectivity index (χ0n) is 14.9. The Kier molecular flexibility index (Phi) is 5.21. The molecule has 1 aromatic carbocycles. The quantitative estimate of drug-likeness (QED) is 0.692. The molecule has 0 aliphatic rings. The van der Waals surface area contributed by atoms with Crippen LogP contribution in [0.3, 0.4) is 0 Å². The van der Waals surface area contributed by atoms with Gasteiger partial charge in [-0.15, -0.1) is 0 Å². The Morgan fingerprint density at radius 1 is 1.39 bits per heavy atom. The maximum atomic E-state index is 13.9. The highest BCUT2D eigenvalue weighted by Gasteiger charge is 2.23. The molecule has 8 nitrogen and oxygen atoms in total. The molecule has 3 rings (SSSR count). The smallest absolute Gasteiger partial charge is 0.296 e. The van der Waals surface area contributed by atoms with Gasteiger partial charge in [0, 0.05) is 19.0 Å². The molecule has 2 heterocycles. The van der Waals surface area contributed by atoms with Crippen molar-refractivity contribution in [2.75, 3.05) is 5.32 Å². The standard InChI is InChI=1S/C18H16F2N4O4/c1-9(5-10-3-4-11(19)6-13(10)20)16-23-14(15(25)18(27)24(16)2)17(26)22-12-7-21-28-8-12/h3-4,6-9,25H,5H2,1-2H3,(H,22,26)/t9-/m0/s1. The first-order valence-corrected chi connectivity index (χ1v) is 8.22. The summed E-state index contributed by atoms with van der Waals surface area (Å²) in [5, 5.41) is 15.9. The van der Waals surface area contributed by atoms with E-state index in [9.17, 15) is 23.5 Å². The molecule has 0 unspecified atom stereocenters. The lowest BCUT2D eigenvalue weighted by molar-refractivity contribution is 0.101. The summed E-state index contributed by atoms with van der Waals surface area (Å²) in [6, 6.07) is 3.20. The second kappa shape index (κ2) is 7.59. The van der Waals surface area contributed by atoms with E-state index in [2.05, 4.69) is 20.0 Å². The maximum Gasteiger partial charge on any atom is 0.296 e. The summed E-state index contributed by atoms with van der Waals surface area (Å²) < 4.78 is 32.7. The van der Waals surface area contributed by atoms with Crippen LogP contribution in [0.25, 0.3) is 0 Å². The highest BCUT2D eigenvalue weighted by atomic mass is 19.1. The highest BCUT2D eigenvalue weighted by Crippen LogP contribution is 2.22. The number of halogens is 2. The topological polar surface area (TPSA) is 110 Å². The SMILES string of the molecule is C[C@@H](Cc1ccc(F)cc1F)c1nc(C(=O)Nc2cnoc2)c(O)c(=O)n1C. The number of nitrogens with one attached hydrogen (secondary N) is 1. The third-order valence-corrected chi connectivity index (χ3v) is 4.19. The molecule has 0 bridgehead atoms. The molecule has 0 aliphatic carbocycles. The molecule has 2 N–H and O–H groups in total. The Hall–Kier alpha value is -3.56. The highest BCUT2D eigenvalue weighted by molar-refractivity contribution is 6.04. The molecule has 0 aliphatic heterocycles. The molecular weight excluding hydrogens is 374 g/mol. The molecule has 1 amide bonds. The summed E-state index contributed by atoms with van der Waals surface area (Å²) in [7, 11) is 1.38. The van der Waals surface area contributed by atoms with Crippen LogP contribution in [0.15, 0.2) is 40.0 Å². The van der Waals surface area contributed by atoms with Gasteiger partial charge < -0.3 is 14.9 Å². The zero-order chi connectivity index (χ0) is 20.4. The minimum atomic E-state index is -0.834. The number of aromatic hydroxyl groups is 1. The first-order valence-electron chi connectivity index (χ1n) is 8.22. The van der Waals surface area contributed by atoms with Crippen molar-refractivity contribution in [2.24, 2.45) is 7.05 Å². The van der Waals surface area contributed by atoms with E-state index >= 15 is 0 Å². The van der Waals surface area contributed by atoms with E-state index < -0.39 is 40.5 Å². The zero-order valence-corrected chi connectivity index (χ0v) is 14.9. The number of nitrogens with zero attached hydrogens (tertiary/aromatic N) is 3. The minimum absolute atomic E-state index is 0.101. The van der Waals surface area contributed by atoms with Crippen LogP contribution in [0.2, 0.25) is 0 Å². The van der Waals surface area contributed by atoms with Crippen molar-refractivity contribution in [3.63, 3.8) is 0 Å². The van der Waals surface area contributed by atoms with Gasteiger partial charge in [0.25, 0.3) is 11.5 Å². The van der Waals surface area contributed by atoms with Crippen LogP contribution in [-0.2, 0) is 13.5 Å². The van der Waals surface area contributed by atoms with Crippen molar-refractivity contribution in [3.8, 4) is 5.75 Å². The summed E-state index contributed by atoms with van der Waals surface area (Å²) in [6.07, 6.45) is 2.50. The lowest BCUT2D eigenvalue weighted by atomic mass is 9.99. The van der Waals surface area contributed by atoms with Crippen molar-refractivity contribution in [2.45, 2.75) is 19.3 Å². The number of aromatic nitrogens is 3. The molecule has 146 valence electrons. The Morgan fingerprint density at radius 3 is 2.79 bits per heavy atom. The fraction of sp³-hybridized carbons (Fsp3) is 0.222. The average molecular weight is 390 g/mol. The van der Waals surface area contributed by atoms with Gasteiger partial charge in [-0.2, -0.15) is 0 Å². The van der Waals surface area contributed by atoms with Gasteiger partial charge in [-0.3, -0.25) is 14.2 Å². The van der Waals surface area contributed by atoms with Crippen molar-refractivity contribution in [1.82, 2.24) is 14.7 Å². The van der Waals surface area contributed by atoms with Crippen LogP contribution in [0.5, 0.6) is 5.75 Å². The third-order valence-electron chi connectivity index (χ3n) is 4.19.